The predicted molar refractivity (Wildman–Crippen MR) is 45.5 cm³/mol. The molecule has 0 saturated heterocycles. The quantitative estimate of drug-likeness (QED) is 0.465. The van der Waals surface area contributed by atoms with Crippen molar-refractivity contribution in [2.24, 2.45) is 0 Å². The minimum absolute atomic E-state index is 0.307. The van der Waals surface area contributed by atoms with Crippen LogP contribution in [0.2, 0.25) is 0 Å². The van der Waals surface area contributed by atoms with Gasteiger partial charge in [0.2, 0.25) is 0 Å². The van der Waals surface area contributed by atoms with Crippen molar-refractivity contribution in [2.75, 3.05) is 7.11 Å². The molecular formula is C9H12O3. The molecule has 0 aliphatic rings. The molecule has 0 radical (unpaired) electrons. The van der Waals surface area contributed by atoms with Crippen LogP contribution in [-0.4, -0.2) is 19.4 Å². The summed E-state index contributed by atoms with van der Waals surface area (Å²) in [4.78, 5) is 10.5. The average Bonchev–Trinajstić information content (AvgIpc) is 2.05. The first-order valence-corrected chi connectivity index (χ1v) is 3.54. The zero-order valence-electron chi connectivity index (χ0n) is 7.46. The van der Waals surface area contributed by atoms with Crippen molar-refractivity contribution in [3.63, 3.8) is 0 Å². The standard InChI is InChI=1S/C9H12O3/c1-4-5-6-7-8(2)12-9(10)11-3/h6-8H,1-3H3/b7-6+. The first-order valence-electron chi connectivity index (χ1n) is 3.54. The van der Waals surface area contributed by atoms with Gasteiger partial charge in [0.15, 0.2) is 0 Å². The van der Waals surface area contributed by atoms with Gasteiger partial charge in [0.05, 0.1) is 7.11 Å². The molecule has 0 spiro atoms. The zero-order valence-corrected chi connectivity index (χ0v) is 7.46. The maximum absolute atomic E-state index is 10.5. The summed E-state index contributed by atoms with van der Waals surface area (Å²) in [7, 11) is 1.27. The van der Waals surface area contributed by atoms with Gasteiger partial charge in [-0.3, -0.25) is 0 Å². The number of ether oxygens (including phenoxy) is 2. The number of carbonyl (C=O) groups is 1. The highest BCUT2D eigenvalue weighted by molar-refractivity contribution is 5.60. The smallest absolute Gasteiger partial charge is 0.438 e. The second kappa shape index (κ2) is 6.29. The summed E-state index contributed by atoms with van der Waals surface area (Å²) in [6.07, 6.45) is 2.32. The molecule has 0 amide bonds. The molecule has 0 aromatic carbocycles. The van der Waals surface area contributed by atoms with Gasteiger partial charge in [0, 0.05) is 0 Å². The minimum Gasteiger partial charge on any atom is -0.438 e. The Morgan fingerprint density at radius 3 is 2.75 bits per heavy atom. The van der Waals surface area contributed by atoms with E-state index in [1.54, 1.807) is 26.0 Å². The van der Waals surface area contributed by atoms with Crippen LogP contribution in [0.5, 0.6) is 0 Å². The summed E-state index contributed by atoms with van der Waals surface area (Å²) >= 11 is 0. The molecule has 0 aromatic rings. The van der Waals surface area contributed by atoms with E-state index in [1.807, 2.05) is 0 Å². The van der Waals surface area contributed by atoms with Gasteiger partial charge >= 0.3 is 6.16 Å². The van der Waals surface area contributed by atoms with Crippen molar-refractivity contribution in [1.82, 2.24) is 0 Å². The minimum atomic E-state index is -0.684. The molecular weight excluding hydrogens is 156 g/mol. The maximum Gasteiger partial charge on any atom is 0.508 e. The van der Waals surface area contributed by atoms with Crippen LogP contribution in [0.1, 0.15) is 13.8 Å². The molecule has 0 N–H and O–H groups in total. The van der Waals surface area contributed by atoms with Gasteiger partial charge in [-0.15, -0.1) is 5.92 Å². The van der Waals surface area contributed by atoms with Crippen LogP contribution in [0.15, 0.2) is 12.2 Å². The Labute approximate surface area is 72.4 Å². The summed E-state index contributed by atoms with van der Waals surface area (Å²) in [5, 5.41) is 0. The Balaban J connectivity index is 3.78. The number of hydrogen-bond donors (Lipinski definition) is 0. The van der Waals surface area contributed by atoms with Crippen molar-refractivity contribution in [2.45, 2.75) is 20.0 Å². The van der Waals surface area contributed by atoms with Crippen molar-refractivity contribution in [3.8, 4) is 11.8 Å². The van der Waals surface area contributed by atoms with E-state index in [-0.39, 0.29) is 6.10 Å². The third-order valence-electron chi connectivity index (χ3n) is 1.04. The molecule has 0 saturated carbocycles. The number of rotatable bonds is 2. The lowest BCUT2D eigenvalue weighted by molar-refractivity contribution is 0.0579. The molecule has 3 heteroatoms. The van der Waals surface area contributed by atoms with Gasteiger partial charge in [0.1, 0.15) is 6.10 Å². The van der Waals surface area contributed by atoms with Crippen molar-refractivity contribution < 1.29 is 14.3 Å². The summed E-state index contributed by atoms with van der Waals surface area (Å²) in [5.41, 5.74) is 0. The van der Waals surface area contributed by atoms with Crippen LogP contribution < -0.4 is 0 Å². The normalized spacial score (nSPS) is 11.6. The predicted octanol–water partition coefficient (Wildman–Crippen LogP) is 1.74. The first-order chi connectivity index (χ1) is 5.70. The SMILES string of the molecule is CC#C/C=C/C(C)OC(=O)OC. The van der Waals surface area contributed by atoms with Crippen LogP contribution in [0, 0.1) is 11.8 Å². The van der Waals surface area contributed by atoms with E-state index in [0.717, 1.165) is 0 Å². The lowest BCUT2D eigenvalue weighted by Crippen LogP contribution is -2.11. The largest absolute Gasteiger partial charge is 0.508 e. The fraction of sp³-hybridized carbons (Fsp3) is 0.444. The summed E-state index contributed by atoms with van der Waals surface area (Å²) in [6.45, 7) is 3.46. The highest BCUT2D eigenvalue weighted by atomic mass is 16.7. The highest BCUT2D eigenvalue weighted by Crippen LogP contribution is 1.94. The third-order valence-corrected chi connectivity index (χ3v) is 1.04. The van der Waals surface area contributed by atoms with Crippen molar-refractivity contribution >= 4 is 6.16 Å². The molecule has 0 aliphatic carbocycles. The van der Waals surface area contributed by atoms with Crippen LogP contribution in [0.3, 0.4) is 0 Å². The van der Waals surface area contributed by atoms with Gasteiger partial charge < -0.3 is 9.47 Å². The van der Waals surface area contributed by atoms with E-state index in [9.17, 15) is 4.79 Å². The molecule has 12 heavy (non-hydrogen) atoms. The van der Waals surface area contributed by atoms with Gasteiger partial charge in [0.25, 0.3) is 0 Å². The Hall–Kier alpha value is -1.43. The van der Waals surface area contributed by atoms with E-state index >= 15 is 0 Å². The fourth-order valence-electron chi connectivity index (χ4n) is 0.506. The van der Waals surface area contributed by atoms with Gasteiger partial charge in [-0.1, -0.05) is 5.92 Å². The van der Waals surface area contributed by atoms with E-state index in [2.05, 4.69) is 16.6 Å². The molecule has 3 nitrogen and oxygen atoms in total. The lowest BCUT2D eigenvalue weighted by Gasteiger charge is -2.05. The molecule has 1 unspecified atom stereocenters. The highest BCUT2D eigenvalue weighted by Gasteiger charge is 2.03. The second-order valence-corrected chi connectivity index (χ2v) is 2.03. The Morgan fingerprint density at radius 2 is 2.25 bits per heavy atom. The third kappa shape index (κ3) is 5.36. The molecule has 0 aromatic heterocycles. The maximum atomic E-state index is 10.5. The van der Waals surface area contributed by atoms with Crippen molar-refractivity contribution in [1.29, 1.82) is 0 Å². The second-order valence-electron chi connectivity index (χ2n) is 2.03. The molecule has 0 aliphatic heterocycles. The molecule has 0 rings (SSSR count). The number of hydrogen-bond acceptors (Lipinski definition) is 3. The summed E-state index contributed by atoms with van der Waals surface area (Å²) in [5.74, 6) is 5.39. The van der Waals surface area contributed by atoms with Gasteiger partial charge in [-0.05, 0) is 26.0 Å². The Kier molecular flexibility index (Phi) is 5.54. The van der Waals surface area contributed by atoms with Gasteiger partial charge in [-0.25, -0.2) is 4.79 Å². The first kappa shape index (κ1) is 10.6. The van der Waals surface area contributed by atoms with Crippen LogP contribution in [0.4, 0.5) is 4.79 Å². The topological polar surface area (TPSA) is 35.5 Å². The molecule has 1 atom stereocenters. The monoisotopic (exact) mass is 168 g/mol. The molecule has 0 heterocycles. The van der Waals surface area contributed by atoms with E-state index in [4.69, 9.17) is 4.74 Å². The van der Waals surface area contributed by atoms with E-state index < -0.39 is 6.16 Å². The van der Waals surface area contributed by atoms with Crippen LogP contribution in [0.25, 0.3) is 0 Å². The summed E-state index contributed by atoms with van der Waals surface area (Å²) < 4.78 is 9.03. The number of allylic oxidation sites excluding steroid dienone is 1. The Bertz CT molecular complexity index is 220. The number of methoxy groups -OCH3 is 1. The Morgan fingerprint density at radius 1 is 1.58 bits per heavy atom. The van der Waals surface area contributed by atoms with E-state index in [0.29, 0.717) is 0 Å². The van der Waals surface area contributed by atoms with E-state index in [1.165, 1.54) is 7.11 Å². The zero-order chi connectivity index (χ0) is 9.40. The fourth-order valence-corrected chi connectivity index (χ4v) is 0.506. The molecule has 66 valence electrons. The number of carbonyl (C=O) groups excluding carboxylic acids is 1. The molecule has 0 fully saturated rings. The van der Waals surface area contributed by atoms with Crippen molar-refractivity contribution in [3.05, 3.63) is 12.2 Å². The lowest BCUT2D eigenvalue weighted by atomic mass is 10.3. The molecule has 0 bridgehead atoms. The average molecular weight is 168 g/mol. The van der Waals surface area contributed by atoms with Crippen LogP contribution in [-0.2, 0) is 9.47 Å². The summed E-state index contributed by atoms with van der Waals surface area (Å²) in [6, 6.07) is 0. The van der Waals surface area contributed by atoms with Gasteiger partial charge in [-0.2, -0.15) is 0 Å². The van der Waals surface area contributed by atoms with Crippen LogP contribution >= 0.6 is 0 Å².